The summed E-state index contributed by atoms with van der Waals surface area (Å²) in [7, 11) is 0.241. The molecule has 1 aliphatic rings. The van der Waals surface area contributed by atoms with Crippen LogP contribution in [0.1, 0.15) is 34.6 Å². The van der Waals surface area contributed by atoms with Gasteiger partial charge in [0.05, 0.1) is 0 Å². The molecular weight excluding hydrogens is 424 g/mol. The Morgan fingerprint density at radius 2 is 1.00 bits per heavy atom. The van der Waals surface area contributed by atoms with E-state index in [4.69, 9.17) is 0 Å². The number of hydrogen-bond donors (Lipinski definition) is 0. The monoisotopic (exact) mass is 457 g/mol. The summed E-state index contributed by atoms with van der Waals surface area (Å²) in [6, 6.07) is 0. The van der Waals surface area contributed by atoms with Crippen molar-refractivity contribution >= 4 is 17.6 Å². The van der Waals surface area contributed by atoms with Gasteiger partial charge in [0.1, 0.15) is 0 Å². The van der Waals surface area contributed by atoms with Crippen LogP contribution in [0, 0.1) is 11.5 Å². The number of halogens is 2. The van der Waals surface area contributed by atoms with Crippen molar-refractivity contribution in [2.75, 3.05) is 0 Å². The van der Waals surface area contributed by atoms with Crippen molar-refractivity contribution in [1.82, 2.24) is 0 Å². The van der Waals surface area contributed by atoms with Crippen LogP contribution in [-0.4, -0.2) is 17.6 Å². The molecule has 0 spiro atoms. The van der Waals surface area contributed by atoms with E-state index < -0.39 is 0 Å². The van der Waals surface area contributed by atoms with Gasteiger partial charge < -0.3 is 31.0 Å². The summed E-state index contributed by atoms with van der Waals surface area (Å²) >= 11 is 0. The van der Waals surface area contributed by atoms with Gasteiger partial charge in [0.2, 0.25) is 0 Å². The quantitative estimate of drug-likeness (QED) is 0.375. The number of nitrogens with two attached hydrogens (primary N) is 1. The zero-order valence-electron chi connectivity index (χ0n) is 16.3. The van der Waals surface area contributed by atoms with Crippen LogP contribution in [0.2, 0.25) is 39.3 Å². The van der Waals surface area contributed by atoms with E-state index in [2.05, 4.69) is 80.0 Å². The molecule has 2 radical (unpaired) electrons. The minimum Gasteiger partial charge on any atom is -1.00 e. The van der Waals surface area contributed by atoms with Crippen LogP contribution in [0.15, 0.2) is 16.7 Å². The van der Waals surface area contributed by atoms with E-state index in [0.29, 0.717) is 0 Å². The van der Waals surface area contributed by atoms with E-state index in [-0.39, 0.29) is 80.2 Å². The third kappa shape index (κ3) is 21.3. The minimum atomic E-state index is 0. The molecule has 0 unspecified atom stereocenters. The van der Waals surface area contributed by atoms with E-state index in [1.807, 2.05) is 0 Å². The van der Waals surface area contributed by atoms with Gasteiger partial charge in [-0.05, 0) is 0 Å². The van der Waals surface area contributed by atoms with E-state index in [0.717, 1.165) is 0 Å². The molecule has 1 rings (SSSR count). The number of allylic oxidation sites excluding steroid dienone is 4. The van der Waals surface area contributed by atoms with Crippen molar-refractivity contribution in [1.29, 1.82) is 0 Å². The Balaban J connectivity index is -0.0000000467. The van der Waals surface area contributed by atoms with Crippen molar-refractivity contribution in [3.8, 4) is 0 Å². The first-order chi connectivity index (χ1) is 7.91. The van der Waals surface area contributed by atoms with Crippen molar-refractivity contribution in [3.63, 3.8) is 0 Å². The van der Waals surface area contributed by atoms with E-state index >= 15 is 0 Å². The van der Waals surface area contributed by atoms with Gasteiger partial charge >= 0.3 is 26.2 Å². The fourth-order valence-corrected chi connectivity index (χ4v) is 1.41. The molecular formula is C16H35Cl2NSi2Zr. The molecule has 2 N–H and O–H groups in total. The Kier molecular flexibility index (Phi) is 32.9. The topological polar surface area (TPSA) is 33.5 Å². The van der Waals surface area contributed by atoms with Gasteiger partial charge in [0, 0.05) is 17.6 Å². The molecule has 0 fully saturated rings. The largest absolute Gasteiger partial charge is 4.00 e. The average Bonchev–Trinajstić information content (AvgIpc) is 2.27. The summed E-state index contributed by atoms with van der Waals surface area (Å²) < 4.78 is 0. The normalized spacial score (nSPS) is 14.0. The molecule has 0 saturated heterocycles. The summed E-state index contributed by atoms with van der Waals surface area (Å²) in [6.07, 6.45) is 3.44. The first kappa shape index (κ1) is 38.7. The van der Waals surface area contributed by atoms with Crippen LogP contribution in [0.5, 0.6) is 0 Å². The average molecular weight is 460 g/mol. The first-order valence-corrected chi connectivity index (χ1v) is 12.8. The van der Waals surface area contributed by atoms with Gasteiger partial charge in [-0.1, -0.05) is 72.4 Å². The Bertz CT molecular complexity index is 304. The maximum atomic E-state index is 3.44. The molecule has 0 aromatic carbocycles. The van der Waals surface area contributed by atoms with Gasteiger partial charge in [-0.15, -0.1) is 6.92 Å². The third-order valence-electron chi connectivity index (χ3n) is 2.56. The zero-order chi connectivity index (χ0) is 15.1. The van der Waals surface area contributed by atoms with Crippen molar-refractivity contribution in [3.05, 3.63) is 28.9 Å². The van der Waals surface area contributed by atoms with E-state index in [9.17, 15) is 0 Å². The molecule has 0 aromatic heterocycles. The van der Waals surface area contributed by atoms with E-state index in [1.165, 1.54) is 16.7 Å². The number of hydrogen-bond acceptors (Lipinski definition) is 0. The van der Waals surface area contributed by atoms with Gasteiger partial charge in [-0.25, -0.2) is 5.57 Å². The summed E-state index contributed by atoms with van der Waals surface area (Å²) in [5.41, 5.74) is 4.39. The van der Waals surface area contributed by atoms with Crippen LogP contribution < -0.4 is 24.8 Å². The molecule has 0 aliphatic heterocycles. The van der Waals surface area contributed by atoms with Crippen LogP contribution in [0.3, 0.4) is 0 Å². The first-order valence-electron chi connectivity index (χ1n) is 6.75. The fourth-order valence-electron chi connectivity index (χ4n) is 1.41. The van der Waals surface area contributed by atoms with Gasteiger partial charge in [0.15, 0.2) is 0 Å². The van der Waals surface area contributed by atoms with Crippen LogP contribution in [0.4, 0.5) is 0 Å². The summed E-state index contributed by atoms with van der Waals surface area (Å²) in [4.78, 5) is 0. The molecule has 0 heterocycles. The SMILES string of the molecule is CC1=[C-]C(C)(C)C(C)=C1C.C[Si](C)C.C[Si](C)C.[Cl-].[Cl-].[NH2-].[Zr+4]. The summed E-state index contributed by atoms with van der Waals surface area (Å²) in [6.45, 7) is 24.5. The molecule has 0 saturated carbocycles. The van der Waals surface area contributed by atoms with Crippen molar-refractivity contribution in [2.45, 2.75) is 73.9 Å². The molecule has 0 amide bonds. The predicted molar refractivity (Wildman–Crippen MR) is 96.6 cm³/mol. The maximum absolute atomic E-state index is 3.44. The second-order valence-corrected chi connectivity index (χ2v) is 12.6. The number of rotatable bonds is 0. The molecule has 130 valence electrons. The summed E-state index contributed by atoms with van der Waals surface area (Å²) in [5, 5.41) is 0. The molecule has 6 heteroatoms. The van der Waals surface area contributed by atoms with Crippen LogP contribution >= 0.6 is 0 Å². The Labute approximate surface area is 175 Å². The predicted octanol–water partition coefficient (Wildman–Crippen LogP) is 0.576. The third-order valence-corrected chi connectivity index (χ3v) is 2.56. The second-order valence-electron chi connectivity index (χ2n) is 6.62. The molecule has 1 aliphatic carbocycles. The standard InChI is InChI=1S/C10H15.2C3H9Si.2ClH.H2N.Zr/c1-7-6-10(4,5)9(3)8(7)2;2*1-4(2)3;;;;/h1-5H3;2*1-3H3;2*1H;1H2;/q-1;;;;;-1;+4/p-2. The Morgan fingerprint density at radius 3 is 1.05 bits per heavy atom. The van der Waals surface area contributed by atoms with Crippen molar-refractivity contribution < 1.29 is 51.0 Å². The van der Waals surface area contributed by atoms with Gasteiger partial charge in [-0.3, -0.25) is 6.08 Å². The van der Waals surface area contributed by atoms with Crippen LogP contribution in [-0.2, 0) is 26.2 Å². The Morgan fingerprint density at radius 1 is 0.773 bits per heavy atom. The zero-order valence-corrected chi connectivity index (χ0v) is 22.3. The molecule has 0 bridgehead atoms. The second kappa shape index (κ2) is 18.7. The van der Waals surface area contributed by atoms with E-state index in [1.54, 1.807) is 0 Å². The minimum absolute atomic E-state index is 0. The fraction of sp³-hybridized carbons (Fsp3) is 0.750. The van der Waals surface area contributed by atoms with Gasteiger partial charge in [-0.2, -0.15) is 11.1 Å². The summed E-state index contributed by atoms with van der Waals surface area (Å²) in [5.74, 6) is 0. The van der Waals surface area contributed by atoms with Crippen molar-refractivity contribution in [2.24, 2.45) is 5.41 Å². The molecule has 0 aromatic rings. The maximum Gasteiger partial charge on any atom is 4.00 e. The molecule has 22 heavy (non-hydrogen) atoms. The molecule has 0 atom stereocenters. The molecule has 1 nitrogen and oxygen atoms in total. The smallest absolute Gasteiger partial charge is 1.00 e. The van der Waals surface area contributed by atoms with Crippen LogP contribution in [0.25, 0.3) is 6.15 Å². The Hall–Kier alpha value is 1.34. The van der Waals surface area contributed by atoms with Gasteiger partial charge in [0.25, 0.3) is 0 Å².